The number of aryl methyl sites for hydroxylation is 1. The molecule has 0 saturated heterocycles. The van der Waals surface area contributed by atoms with Crippen LogP contribution in [0.1, 0.15) is 0 Å². The number of hydrogen-bond acceptors (Lipinski definition) is 4. The Morgan fingerprint density at radius 3 is 2.48 bits per heavy atom. The van der Waals surface area contributed by atoms with Crippen LogP contribution in [0.2, 0.25) is 0 Å². The second-order valence-corrected chi connectivity index (χ2v) is 5.19. The summed E-state index contributed by atoms with van der Waals surface area (Å²) in [6, 6.07) is 17.7. The summed E-state index contributed by atoms with van der Waals surface area (Å²) in [5.74, 6) is 1.82. The smallest absolute Gasteiger partial charge is 0.230 e. The van der Waals surface area contributed by atoms with Gasteiger partial charge in [0.2, 0.25) is 5.88 Å². The summed E-state index contributed by atoms with van der Waals surface area (Å²) in [5, 5.41) is 4.99. The molecule has 0 unspecified atom stereocenters. The van der Waals surface area contributed by atoms with Crippen LogP contribution in [0, 0.1) is 0 Å². The van der Waals surface area contributed by atoms with Crippen molar-refractivity contribution in [3.05, 3.63) is 67.0 Å². The molecule has 4 aromatic rings. The second-order valence-electron chi connectivity index (χ2n) is 5.19. The summed E-state index contributed by atoms with van der Waals surface area (Å²) >= 11 is 0. The zero-order valence-corrected chi connectivity index (χ0v) is 12.5. The maximum Gasteiger partial charge on any atom is 0.230 e. The lowest BCUT2D eigenvalue weighted by Gasteiger charge is -2.08. The molecule has 2 heterocycles. The van der Waals surface area contributed by atoms with Crippen LogP contribution >= 0.6 is 0 Å². The van der Waals surface area contributed by atoms with Crippen molar-refractivity contribution >= 4 is 10.9 Å². The summed E-state index contributed by atoms with van der Waals surface area (Å²) in [4.78, 5) is 9.25. The third-order valence-electron chi connectivity index (χ3n) is 3.50. The van der Waals surface area contributed by atoms with Crippen molar-refractivity contribution < 1.29 is 4.74 Å². The van der Waals surface area contributed by atoms with E-state index in [1.165, 1.54) is 0 Å². The average Bonchev–Trinajstić information content (AvgIpc) is 3.00. The van der Waals surface area contributed by atoms with Crippen LogP contribution in [-0.4, -0.2) is 19.7 Å². The number of hydrogen-bond donors (Lipinski definition) is 0. The molecule has 0 amide bonds. The Bertz CT molecular complexity index is 963. The highest BCUT2D eigenvalue weighted by atomic mass is 16.5. The molecule has 0 bridgehead atoms. The molecule has 0 atom stereocenters. The van der Waals surface area contributed by atoms with E-state index in [0.29, 0.717) is 17.5 Å². The van der Waals surface area contributed by atoms with E-state index in [-0.39, 0.29) is 0 Å². The molecule has 0 saturated carbocycles. The Morgan fingerprint density at radius 1 is 0.913 bits per heavy atom. The quantitative estimate of drug-likeness (QED) is 0.577. The number of rotatable bonds is 3. The summed E-state index contributed by atoms with van der Waals surface area (Å²) in [7, 11) is 1.85. The first-order valence-corrected chi connectivity index (χ1v) is 7.28. The van der Waals surface area contributed by atoms with Gasteiger partial charge in [0.15, 0.2) is 11.6 Å². The van der Waals surface area contributed by atoms with Crippen molar-refractivity contribution in [3.63, 3.8) is 0 Å². The molecule has 0 aliphatic rings. The zero-order valence-electron chi connectivity index (χ0n) is 12.5. The fourth-order valence-electron chi connectivity index (χ4n) is 2.40. The zero-order chi connectivity index (χ0) is 15.6. The highest BCUT2D eigenvalue weighted by Gasteiger charge is 2.11. The summed E-state index contributed by atoms with van der Waals surface area (Å²) in [6.45, 7) is 0. The summed E-state index contributed by atoms with van der Waals surface area (Å²) in [5.41, 5.74) is 1.80. The van der Waals surface area contributed by atoms with Crippen LogP contribution in [0.25, 0.3) is 22.3 Å². The van der Waals surface area contributed by atoms with Crippen molar-refractivity contribution in [2.45, 2.75) is 0 Å². The van der Waals surface area contributed by atoms with Gasteiger partial charge in [0.1, 0.15) is 0 Å². The standard InChI is InChI=1S/C18H14N4O/c1-22-12-14(11-19-22)23-18-15-9-5-6-10-16(15)20-17(21-18)13-7-3-2-4-8-13/h2-12H,1H3. The molecule has 0 N–H and O–H groups in total. The predicted octanol–water partition coefficient (Wildman–Crippen LogP) is 3.82. The molecule has 0 aliphatic carbocycles. The van der Waals surface area contributed by atoms with Gasteiger partial charge < -0.3 is 4.74 Å². The van der Waals surface area contributed by atoms with Gasteiger partial charge in [-0.15, -0.1) is 0 Å². The first-order chi connectivity index (χ1) is 11.3. The Kier molecular flexibility index (Phi) is 3.24. The van der Waals surface area contributed by atoms with E-state index in [9.17, 15) is 0 Å². The minimum Gasteiger partial charge on any atom is -0.435 e. The highest BCUT2D eigenvalue weighted by Crippen LogP contribution is 2.29. The van der Waals surface area contributed by atoms with E-state index < -0.39 is 0 Å². The van der Waals surface area contributed by atoms with Gasteiger partial charge in [-0.3, -0.25) is 4.68 Å². The molecule has 5 nitrogen and oxygen atoms in total. The molecule has 2 aromatic heterocycles. The van der Waals surface area contributed by atoms with Gasteiger partial charge in [-0.1, -0.05) is 42.5 Å². The molecule has 112 valence electrons. The monoisotopic (exact) mass is 302 g/mol. The predicted molar refractivity (Wildman–Crippen MR) is 88.3 cm³/mol. The normalized spacial score (nSPS) is 10.8. The fraction of sp³-hybridized carbons (Fsp3) is 0.0556. The molecular formula is C18H14N4O. The second kappa shape index (κ2) is 5.53. The van der Waals surface area contributed by atoms with Crippen molar-refractivity contribution in [2.24, 2.45) is 7.05 Å². The van der Waals surface area contributed by atoms with E-state index in [0.717, 1.165) is 16.5 Å². The van der Waals surface area contributed by atoms with Gasteiger partial charge in [-0.25, -0.2) is 4.98 Å². The largest absolute Gasteiger partial charge is 0.435 e. The molecule has 0 spiro atoms. The third kappa shape index (κ3) is 2.64. The van der Waals surface area contributed by atoms with Crippen LogP contribution in [0.4, 0.5) is 0 Å². The molecule has 23 heavy (non-hydrogen) atoms. The lowest BCUT2D eigenvalue weighted by Crippen LogP contribution is -1.95. The van der Waals surface area contributed by atoms with Crippen molar-refractivity contribution in [1.82, 2.24) is 19.7 Å². The number of fused-ring (bicyclic) bond motifs is 1. The van der Waals surface area contributed by atoms with Crippen LogP contribution < -0.4 is 4.74 Å². The Morgan fingerprint density at radius 2 is 1.70 bits per heavy atom. The number of nitrogens with zero attached hydrogens (tertiary/aromatic N) is 4. The van der Waals surface area contributed by atoms with Gasteiger partial charge in [0.05, 0.1) is 23.3 Å². The van der Waals surface area contributed by atoms with Crippen molar-refractivity contribution in [2.75, 3.05) is 0 Å². The Labute approximate surface area is 133 Å². The van der Waals surface area contributed by atoms with E-state index in [1.54, 1.807) is 17.1 Å². The van der Waals surface area contributed by atoms with Crippen molar-refractivity contribution in [3.8, 4) is 23.0 Å². The van der Waals surface area contributed by atoms with Crippen molar-refractivity contribution in [1.29, 1.82) is 0 Å². The first kappa shape index (κ1) is 13.5. The molecule has 4 rings (SSSR count). The lowest BCUT2D eigenvalue weighted by molar-refractivity contribution is 0.468. The van der Waals surface area contributed by atoms with E-state index in [1.807, 2.05) is 61.6 Å². The SMILES string of the molecule is Cn1cc(Oc2nc(-c3ccccc3)nc3ccccc23)cn1. The molecule has 0 aliphatic heterocycles. The minimum atomic E-state index is 0.530. The molecule has 0 fully saturated rings. The van der Waals surface area contributed by atoms with Gasteiger partial charge in [-0.2, -0.15) is 10.1 Å². The average molecular weight is 302 g/mol. The van der Waals surface area contributed by atoms with Crippen LogP contribution in [0.3, 0.4) is 0 Å². The van der Waals surface area contributed by atoms with Crippen LogP contribution in [0.15, 0.2) is 67.0 Å². The number of aromatic nitrogens is 4. The minimum absolute atomic E-state index is 0.530. The Hall–Kier alpha value is -3.21. The Balaban J connectivity index is 1.87. The summed E-state index contributed by atoms with van der Waals surface area (Å²) < 4.78 is 7.63. The van der Waals surface area contributed by atoms with E-state index in [4.69, 9.17) is 4.74 Å². The van der Waals surface area contributed by atoms with Crippen LogP contribution in [-0.2, 0) is 7.05 Å². The fourth-order valence-corrected chi connectivity index (χ4v) is 2.40. The molecule has 2 aromatic carbocycles. The van der Waals surface area contributed by atoms with Gasteiger partial charge in [0, 0.05) is 12.6 Å². The number of ether oxygens (including phenoxy) is 1. The maximum atomic E-state index is 5.94. The topological polar surface area (TPSA) is 52.8 Å². The maximum absolute atomic E-state index is 5.94. The van der Waals surface area contributed by atoms with E-state index in [2.05, 4.69) is 15.1 Å². The van der Waals surface area contributed by atoms with Gasteiger partial charge >= 0.3 is 0 Å². The molecule has 5 heteroatoms. The lowest BCUT2D eigenvalue weighted by atomic mass is 10.2. The molecular weight excluding hydrogens is 288 g/mol. The van der Waals surface area contributed by atoms with E-state index >= 15 is 0 Å². The number of para-hydroxylation sites is 1. The van der Waals surface area contributed by atoms with Crippen LogP contribution in [0.5, 0.6) is 11.6 Å². The molecule has 0 radical (unpaired) electrons. The third-order valence-corrected chi connectivity index (χ3v) is 3.50. The highest BCUT2D eigenvalue weighted by molar-refractivity contribution is 5.85. The first-order valence-electron chi connectivity index (χ1n) is 7.28. The van der Waals surface area contributed by atoms with Gasteiger partial charge in [0.25, 0.3) is 0 Å². The summed E-state index contributed by atoms with van der Waals surface area (Å²) in [6.07, 6.45) is 3.47. The number of benzene rings is 2. The van der Waals surface area contributed by atoms with Gasteiger partial charge in [-0.05, 0) is 12.1 Å².